The van der Waals surface area contributed by atoms with E-state index in [0.717, 1.165) is 6.42 Å². The van der Waals surface area contributed by atoms with Gasteiger partial charge in [0, 0.05) is 0 Å². The van der Waals surface area contributed by atoms with E-state index in [-0.39, 0.29) is 17.6 Å². The smallest absolute Gasteiger partial charge is 0.184 e. The minimum Gasteiger partial charge on any atom is -0.351 e. The zero-order chi connectivity index (χ0) is 10.1. The zero-order valence-electron chi connectivity index (χ0n) is 7.72. The van der Waals surface area contributed by atoms with Crippen LogP contribution in [0.4, 0.5) is 0 Å². The molecule has 0 spiro atoms. The van der Waals surface area contributed by atoms with Crippen LogP contribution in [0.25, 0.3) is 0 Å². The van der Waals surface area contributed by atoms with Crippen LogP contribution >= 0.6 is 0 Å². The number of nitriles is 1. The third-order valence-corrected chi connectivity index (χ3v) is 2.85. The Bertz CT molecular complexity index is 319. The number of ketones is 1. The molecule has 0 amide bonds. The molecule has 1 heterocycles. The van der Waals surface area contributed by atoms with Crippen molar-refractivity contribution in [2.45, 2.75) is 25.2 Å². The molecule has 14 heavy (non-hydrogen) atoms. The van der Waals surface area contributed by atoms with Crippen molar-refractivity contribution < 1.29 is 9.53 Å². The van der Waals surface area contributed by atoms with Crippen molar-refractivity contribution in [1.82, 2.24) is 0 Å². The number of hydrogen-bond donors (Lipinski definition) is 1. The number of fused-ring (bicyclic) bond motifs is 1. The molecule has 74 valence electrons. The summed E-state index contributed by atoms with van der Waals surface area (Å²) >= 11 is 0. The van der Waals surface area contributed by atoms with Gasteiger partial charge in [0.1, 0.15) is 12.3 Å². The Hall–Kier alpha value is -1.18. The summed E-state index contributed by atoms with van der Waals surface area (Å²) in [6.07, 6.45) is 3.83. The molecule has 4 heteroatoms. The van der Waals surface area contributed by atoms with E-state index < -0.39 is 12.3 Å². The second-order valence-corrected chi connectivity index (χ2v) is 3.79. The van der Waals surface area contributed by atoms with Crippen molar-refractivity contribution >= 4 is 5.78 Å². The quantitative estimate of drug-likeness (QED) is 0.600. The average molecular weight is 192 g/mol. The summed E-state index contributed by atoms with van der Waals surface area (Å²) in [5, 5.41) is 8.80. The molecular weight excluding hydrogens is 180 g/mol. The Labute approximate surface area is 82.3 Å². The molecule has 1 fully saturated rings. The van der Waals surface area contributed by atoms with E-state index in [1.54, 1.807) is 6.08 Å². The second kappa shape index (κ2) is 3.52. The molecular formula is C10H12N2O2. The maximum Gasteiger partial charge on any atom is 0.184 e. The topological polar surface area (TPSA) is 76.1 Å². The van der Waals surface area contributed by atoms with Gasteiger partial charge in [-0.25, -0.2) is 0 Å². The molecule has 1 saturated heterocycles. The second-order valence-electron chi connectivity index (χ2n) is 3.79. The van der Waals surface area contributed by atoms with E-state index in [2.05, 4.69) is 6.07 Å². The van der Waals surface area contributed by atoms with Crippen molar-refractivity contribution in [2.75, 3.05) is 0 Å². The molecule has 0 radical (unpaired) electrons. The van der Waals surface area contributed by atoms with Crippen molar-refractivity contribution in [2.24, 2.45) is 17.6 Å². The molecule has 0 aromatic carbocycles. The van der Waals surface area contributed by atoms with Gasteiger partial charge in [-0.05, 0) is 24.8 Å². The van der Waals surface area contributed by atoms with Gasteiger partial charge in [0.05, 0.1) is 12.0 Å². The molecule has 0 saturated carbocycles. The lowest BCUT2D eigenvalue weighted by molar-refractivity contribution is -0.146. The molecule has 0 aromatic rings. The monoisotopic (exact) mass is 192 g/mol. The summed E-state index contributed by atoms with van der Waals surface area (Å²) < 4.78 is 5.36. The van der Waals surface area contributed by atoms with Crippen molar-refractivity contribution in [1.29, 1.82) is 5.26 Å². The van der Waals surface area contributed by atoms with Crippen molar-refractivity contribution in [3.63, 3.8) is 0 Å². The lowest BCUT2D eigenvalue weighted by atomic mass is 9.80. The van der Waals surface area contributed by atoms with Crippen molar-refractivity contribution in [3.8, 4) is 6.07 Å². The minimum absolute atomic E-state index is 0.0203. The summed E-state index contributed by atoms with van der Waals surface area (Å²) in [7, 11) is 0. The summed E-state index contributed by atoms with van der Waals surface area (Å²) in [6.45, 7) is 0. The molecule has 1 aliphatic carbocycles. The molecule has 4 unspecified atom stereocenters. The Morgan fingerprint density at radius 3 is 3.14 bits per heavy atom. The van der Waals surface area contributed by atoms with Crippen LogP contribution in [-0.4, -0.2) is 18.1 Å². The first-order valence-electron chi connectivity index (χ1n) is 4.73. The highest BCUT2D eigenvalue weighted by atomic mass is 16.5. The molecule has 2 rings (SSSR count). The highest BCUT2D eigenvalue weighted by Crippen LogP contribution is 2.33. The highest BCUT2D eigenvalue weighted by molar-refractivity contribution is 5.94. The van der Waals surface area contributed by atoms with Crippen LogP contribution in [0.15, 0.2) is 12.2 Å². The first-order valence-corrected chi connectivity index (χ1v) is 4.73. The van der Waals surface area contributed by atoms with E-state index in [4.69, 9.17) is 15.7 Å². The summed E-state index contributed by atoms with van der Waals surface area (Å²) in [5.41, 5.74) is 5.64. The number of ether oxygens (including phenoxy) is 1. The number of carbonyl (C=O) groups excluding carboxylic acids is 1. The molecule has 4 atom stereocenters. The molecule has 0 aromatic heterocycles. The van der Waals surface area contributed by atoms with Crippen LogP contribution in [0.1, 0.15) is 12.8 Å². The lowest BCUT2D eigenvalue weighted by Crippen LogP contribution is -2.49. The summed E-state index contributed by atoms with van der Waals surface area (Å²) in [4.78, 5) is 11.4. The summed E-state index contributed by atoms with van der Waals surface area (Å²) in [5.74, 6) is -0.166. The van der Waals surface area contributed by atoms with Crippen molar-refractivity contribution in [3.05, 3.63) is 12.2 Å². The molecule has 2 aliphatic rings. The zero-order valence-corrected chi connectivity index (χ0v) is 7.72. The van der Waals surface area contributed by atoms with Gasteiger partial charge in [0.25, 0.3) is 0 Å². The number of nitrogens with zero attached hydrogens (tertiary/aromatic N) is 1. The minimum atomic E-state index is -0.614. The maximum atomic E-state index is 11.4. The predicted molar refractivity (Wildman–Crippen MR) is 48.8 cm³/mol. The lowest BCUT2D eigenvalue weighted by Gasteiger charge is -2.37. The van der Waals surface area contributed by atoms with E-state index in [0.29, 0.717) is 6.42 Å². The van der Waals surface area contributed by atoms with E-state index in [9.17, 15) is 4.79 Å². The van der Waals surface area contributed by atoms with Gasteiger partial charge in [-0.3, -0.25) is 4.79 Å². The third kappa shape index (κ3) is 1.45. The normalized spacial score (nSPS) is 41.6. The summed E-state index contributed by atoms with van der Waals surface area (Å²) in [6, 6.07) is 2.12. The van der Waals surface area contributed by atoms with Crippen LogP contribution in [0.2, 0.25) is 0 Å². The number of hydrogen-bond acceptors (Lipinski definition) is 4. The van der Waals surface area contributed by atoms with Crippen LogP contribution < -0.4 is 5.73 Å². The number of carbonyl (C=O) groups is 1. The fourth-order valence-electron chi connectivity index (χ4n) is 2.06. The SMILES string of the molecule is N#CC1CC2CC=CC(=O)C2OC1N. The highest BCUT2D eigenvalue weighted by Gasteiger charge is 2.40. The predicted octanol–water partition coefficient (Wildman–Crippen LogP) is 0.345. The largest absolute Gasteiger partial charge is 0.351 e. The Morgan fingerprint density at radius 2 is 2.43 bits per heavy atom. The fourth-order valence-corrected chi connectivity index (χ4v) is 2.06. The third-order valence-electron chi connectivity index (χ3n) is 2.85. The Kier molecular flexibility index (Phi) is 2.36. The van der Waals surface area contributed by atoms with E-state index in [1.807, 2.05) is 6.08 Å². The van der Waals surface area contributed by atoms with Crippen LogP contribution in [-0.2, 0) is 9.53 Å². The molecule has 4 nitrogen and oxygen atoms in total. The van der Waals surface area contributed by atoms with Gasteiger partial charge in [-0.2, -0.15) is 5.26 Å². The van der Waals surface area contributed by atoms with Gasteiger partial charge in [0.15, 0.2) is 5.78 Å². The Balaban J connectivity index is 2.16. The number of rotatable bonds is 0. The van der Waals surface area contributed by atoms with Gasteiger partial charge < -0.3 is 10.5 Å². The number of nitrogens with two attached hydrogens (primary N) is 1. The first kappa shape index (κ1) is 9.38. The van der Waals surface area contributed by atoms with Crippen LogP contribution in [0, 0.1) is 23.2 Å². The van der Waals surface area contributed by atoms with E-state index in [1.165, 1.54) is 0 Å². The standard InChI is InChI=1S/C10H12N2O2/c11-5-7-4-6-2-1-3-8(13)9(6)14-10(7)12/h1,3,6-7,9-10H,2,4,12H2. The molecule has 0 bridgehead atoms. The van der Waals surface area contributed by atoms with Crippen LogP contribution in [0.3, 0.4) is 0 Å². The average Bonchev–Trinajstić information content (AvgIpc) is 2.19. The maximum absolute atomic E-state index is 11.4. The fraction of sp³-hybridized carbons (Fsp3) is 0.600. The van der Waals surface area contributed by atoms with Gasteiger partial charge >= 0.3 is 0 Å². The number of allylic oxidation sites excluding steroid dienone is 1. The van der Waals surface area contributed by atoms with Gasteiger partial charge in [-0.1, -0.05) is 6.08 Å². The first-order chi connectivity index (χ1) is 6.72. The molecule has 2 N–H and O–H groups in total. The van der Waals surface area contributed by atoms with Crippen LogP contribution in [0.5, 0.6) is 0 Å². The van der Waals surface area contributed by atoms with Gasteiger partial charge in [-0.15, -0.1) is 0 Å². The Morgan fingerprint density at radius 1 is 1.64 bits per heavy atom. The van der Waals surface area contributed by atoms with Gasteiger partial charge in [0.2, 0.25) is 0 Å². The van der Waals surface area contributed by atoms with E-state index >= 15 is 0 Å². The molecule has 1 aliphatic heterocycles.